The Hall–Kier alpha value is -3.06. The normalized spacial score (nSPS) is 12.4. The van der Waals surface area contributed by atoms with Crippen molar-refractivity contribution < 1.29 is 29.0 Å². The van der Waals surface area contributed by atoms with Crippen LogP contribution in [0.1, 0.15) is 30.1 Å². The van der Waals surface area contributed by atoms with E-state index in [1.807, 2.05) is 60.7 Å². The van der Waals surface area contributed by atoms with Gasteiger partial charge >= 0.3 is 18.0 Å². The maximum Gasteiger partial charge on any atom is 0.409 e. The molecule has 0 spiro atoms. The van der Waals surface area contributed by atoms with E-state index in [0.29, 0.717) is 6.42 Å². The number of carbonyl (C=O) groups is 3. The van der Waals surface area contributed by atoms with E-state index in [-0.39, 0.29) is 12.8 Å². The second kappa shape index (κ2) is 11.7. The summed E-state index contributed by atoms with van der Waals surface area (Å²) in [6.45, 7) is 0. The minimum Gasteiger partial charge on any atom is -0.481 e. The van der Waals surface area contributed by atoms with Gasteiger partial charge in [0.2, 0.25) is 0 Å². The number of carbonyl (C=O) groups excluding carboxylic acids is 2. The number of hydrogen-bond donors (Lipinski definition) is 2. The van der Waals surface area contributed by atoms with Crippen LogP contribution < -0.4 is 5.32 Å². The van der Waals surface area contributed by atoms with Gasteiger partial charge in [0.05, 0.1) is 0 Å². The Labute approximate surface area is 173 Å². The second-order valence-electron chi connectivity index (χ2n) is 6.20. The highest BCUT2D eigenvalue weighted by Gasteiger charge is 2.27. The highest BCUT2D eigenvalue weighted by Crippen LogP contribution is 2.23. The summed E-state index contributed by atoms with van der Waals surface area (Å²) < 4.78 is 10.3. The van der Waals surface area contributed by atoms with Crippen LogP contribution in [0.2, 0.25) is 0 Å². The molecule has 0 aromatic heterocycles. The molecule has 2 rings (SSSR count). The Balaban J connectivity index is 2.17. The van der Waals surface area contributed by atoms with Crippen LogP contribution in [0.4, 0.5) is 4.79 Å². The molecule has 0 aliphatic heterocycles. The highest BCUT2D eigenvalue weighted by atomic mass is 35.5. The number of benzene rings is 2. The van der Waals surface area contributed by atoms with Crippen LogP contribution in [0.15, 0.2) is 60.7 Å². The molecule has 8 heteroatoms. The average Bonchev–Trinajstić information content (AvgIpc) is 2.72. The van der Waals surface area contributed by atoms with Crippen LogP contribution in [-0.2, 0) is 25.5 Å². The van der Waals surface area contributed by atoms with E-state index in [2.05, 4.69) is 10.1 Å². The third-order valence-electron chi connectivity index (χ3n) is 4.10. The molecule has 154 valence electrons. The van der Waals surface area contributed by atoms with Gasteiger partial charge in [0.15, 0.2) is 6.07 Å². The van der Waals surface area contributed by atoms with Crippen LogP contribution in [0.25, 0.3) is 0 Å². The number of aliphatic carboxylic acids is 1. The molecule has 0 aliphatic rings. The number of halogens is 1. The fourth-order valence-electron chi connectivity index (χ4n) is 2.70. The third-order valence-corrected chi connectivity index (χ3v) is 4.21. The zero-order valence-electron chi connectivity index (χ0n) is 15.6. The lowest BCUT2D eigenvalue weighted by Crippen LogP contribution is -2.42. The molecule has 2 aromatic carbocycles. The van der Waals surface area contributed by atoms with Gasteiger partial charge in [-0.3, -0.25) is 4.79 Å². The largest absolute Gasteiger partial charge is 0.481 e. The number of ether oxygens (including phenoxy) is 2. The summed E-state index contributed by atoms with van der Waals surface area (Å²) in [6, 6.07) is 17.1. The molecule has 0 fully saturated rings. The SMILES string of the molecule is O=C(O)CCC(NC(=O)OCCl)C(=O)OC(Cc1ccccc1)c1ccccc1. The fraction of sp³-hybridized carbons (Fsp3) is 0.286. The average molecular weight is 420 g/mol. The number of carboxylic acid groups (broad SMARTS) is 1. The van der Waals surface area contributed by atoms with Crippen LogP contribution in [0.5, 0.6) is 0 Å². The van der Waals surface area contributed by atoms with Gasteiger partial charge in [-0.1, -0.05) is 72.3 Å². The molecule has 2 unspecified atom stereocenters. The van der Waals surface area contributed by atoms with E-state index >= 15 is 0 Å². The molecule has 7 nitrogen and oxygen atoms in total. The lowest BCUT2D eigenvalue weighted by Gasteiger charge is -2.23. The number of carboxylic acids is 1. The summed E-state index contributed by atoms with van der Waals surface area (Å²) in [4.78, 5) is 35.3. The van der Waals surface area contributed by atoms with E-state index < -0.39 is 36.2 Å². The zero-order valence-corrected chi connectivity index (χ0v) is 16.4. The first-order valence-electron chi connectivity index (χ1n) is 9.00. The smallest absolute Gasteiger partial charge is 0.409 e. The highest BCUT2D eigenvalue weighted by molar-refractivity contribution is 6.17. The number of esters is 1. The van der Waals surface area contributed by atoms with Gasteiger partial charge in [0, 0.05) is 12.8 Å². The van der Waals surface area contributed by atoms with E-state index in [4.69, 9.17) is 21.4 Å². The maximum absolute atomic E-state index is 12.8. The third kappa shape index (κ3) is 7.83. The van der Waals surface area contributed by atoms with Crippen molar-refractivity contribution >= 4 is 29.6 Å². The van der Waals surface area contributed by atoms with Crippen molar-refractivity contribution in [3.8, 4) is 0 Å². The number of hydrogen-bond acceptors (Lipinski definition) is 5. The zero-order chi connectivity index (χ0) is 21.1. The van der Waals surface area contributed by atoms with Gasteiger partial charge in [-0.2, -0.15) is 0 Å². The first-order valence-corrected chi connectivity index (χ1v) is 9.53. The topological polar surface area (TPSA) is 102 Å². The number of nitrogens with one attached hydrogen (secondary N) is 1. The van der Waals surface area contributed by atoms with Crippen molar-refractivity contribution in [2.24, 2.45) is 0 Å². The molecule has 0 radical (unpaired) electrons. The summed E-state index contributed by atoms with van der Waals surface area (Å²) in [5.74, 6) is -1.85. The van der Waals surface area contributed by atoms with E-state index in [1.165, 1.54) is 0 Å². The van der Waals surface area contributed by atoms with Crippen LogP contribution >= 0.6 is 11.6 Å². The van der Waals surface area contributed by atoms with Crippen molar-refractivity contribution in [3.63, 3.8) is 0 Å². The predicted octanol–water partition coefficient (Wildman–Crippen LogP) is 3.67. The summed E-state index contributed by atoms with van der Waals surface area (Å²) in [5, 5.41) is 11.2. The van der Waals surface area contributed by atoms with Gasteiger partial charge in [-0.15, -0.1) is 0 Å². The van der Waals surface area contributed by atoms with E-state index in [9.17, 15) is 14.4 Å². The van der Waals surface area contributed by atoms with Crippen molar-refractivity contribution in [1.29, 1.82) is 0 Å². The van der Waals surface area contributed by atoms with Gasteiger partial charge in [-0.25, -0.2) is 9.59 Å². The van der Waals surface area contributed by atoms with Crippen molar-refractivity contribution in [2.75, 3.05) is 6.07 Å². The van der Waals surface area contributed by atoms with Crippen LogP contribution in [0.3, 0.4) is 0 Å². The molecule has 2 atom stereocenters. The van der Waals surface area contributed by atoms with Gasteiger partial charge in [0.1, 0.15) is 12.1 Å². The predicted molar refractivity (Wildman–Crippen MR) is 106 cm³/mol. The molecule has 2 N–H and O–H groups in total. The minimum absolute atomic E-state index is 0.140. The van der Waals surface area contributed by atoms with Crippen molar-refractivity contribution in [1.82, 2.24) is 5.32 Å². The van der Waals surface area contributed by atoms with Crippen LogP contribution in [0, 0.1) is 0 Å². The Kier molecular flexibility index (Phi) is 8.98. The summed E-state index contributed by atoms with van der Waals surface area (Å²) in [6.07, 6.45) is -1.57. The van der Waals surface area contributed by atoms with Gasteiger partial charge in [0.25, 0.3) is 0 Å². The second-order valence-corrected chi connectivity index (χ2v) is 6.41. The molecule has 0 heterocycles. The van der Waals surface area contributed by atoms with E-state index in [1.54, 1.807) is 0 Å². The van der Waals surface area contributed by atoms with Crippen molar-refractivity contribution in [3.05, 3.63) is 71.8 Å². The van der Waals surface area contributed by atoms with Crippen LogP contribution in [-0.4, -0.2) is 35.2 Å². The van der Waals surface area contributed by atoms with E-state index in [0.717, 1.165) is 11.1 Å². The molecular weight excluding hydrogens is 398 g/mol. The molecule has 0 bridgehead atoms. The first kappa shape index (κ1) is 22.2. The quantitative estimate of drug-likeness (QED) is 0.450. The molecule has 0 aliphatic carbocycles. The van der Waals surface area contributed by atoms with Crippen molar-refractivity contribution in [2.45, 2.75) is 31.4 Å². The van der Waals surface area contributed by atoms with Gasteiger partial charge in [-0.05, 0) is 17.5 Å². The lowest BCUT2D eigenvalue weighted by molar-refractivity contribution is -0.152. The standard InChI is InChI=1S/C21H22ClNO6/c22-14-28-21(27)23-17(11-12-19(24)25)20(26)29-18(16-9-5-2-6-10-16)13-15-7-3-1-4-8-15/h1-10,17-18H,11-14H2,(H,23,27)(H,24,25). The molecule has 29 heavy (non-hydrogen) atoms. The molecular formula is C21H22ClNO6. The Morgan fingerprint density at radius 3 is 2.21 bits per heavy atom. The molecule has 0 saturated carbocycles. The molecule has 0 saturated heterocycles. The number of rotatable bonds is 10. The first-order chi connectivity index (χ1) is 14.0. The van der Waals surface area contributed by atoms with Gasteiger partial charge < -0.3 is 19.9 Å². The Morgan fingerprint density at radius 1 is 1.00 bits per heavy atom. The Morgan fingerprint density at radius 2 is 1.62 bits per heavy atom. The number of alkyl halides is 1. The maximum atomic E-state index is 12.8. The minimum atomic E-state index is -1.18. The summed E-state index contributed by atoms with van der Waals surface area (Å²) in [7, 11) is 0. The monoisotopic (exact) mass is 419 g/mol. The summed E-state index contributed by atoms with van der Waals surface area (Å²) in [5.41, 5.74) is 1.75. The number of amides is 1. The number of alkyl carbamates (subject to hydrolysis) is 1. The fourth-order valence-corrected chi connectivity index (χ4v) is 2.80. The summed E-state index contributed by atoms with van der Waals surface area (Å²) >= 11 is 5.35. The molecule has 1 amide bonds. The molecule has 2 aromatic rings. The Bertz CT molecular complexity index is 799. The lowest BCUT2D eigenvalue weighted by atomic mass is 10.0.